The molecule has 0 spiro atoms. The van der Waals surface area contributed by atoms with E-state index in [0.717, 1.165) is 11.8 Å². The molecule has 1 aliphatic rings. The highest BCUT2D eigenvalue weighted by atomic mass is 32.1. The third-order valence-electron chi connectivity index (χ3n) is 1.70. The maximum Gasteiger partial charge on any atom is 0.152 e. The zero-order valence-corrected chi connectivity index (χ0v) is 6.23. The summed E-state index contributed by atoms with van der Waals surface area (Å²) in [4.78, 5) is 11.6. The first kappa shape index (κ1) is 6.04. The van der Waals surface area contributed by atoms with Gasteiger partial charge in [-0.15, -0.1) is 0 Å². The summed E-state index contributed by atoms with van der Waals surface area (Å²) < 4.78 is 3.96. The summed E-state index contributed by atoms with van der Waals surface area (Å²) in [5.74, 6) is 0.660. The fourth-order valence-electron chi connectivity index (χ4n) is 1.00. The van der Waals surface area contributed by atoms with E-state index in [1.807, 2.05) is 0 Å². The average molecular weight is 153 g/mol. The molecule has 1 aliphatic carbocycles. The second-order valence-corrected chi connectivity index (χ2v) is 3.37. The molecule has 52 valence electrons. The van der Waals surface area contributed by atoms with Gasteiger partial charge in [0.05, 0.1) is 6.20 Å². The smallest absolute Gasteiger partial charge is 0.152 e. The van der Waals surface area contributed by atoms with Crippen molar-refractivity contribution in [3.63, 3.8) is 0 Å². The minimum absolute atomic E-state index is 0.660. The predicted molar refractivity (Wildman–Crippen MR) is 39.5 cm³/mol. The quantitative estimate of drug-likeness (QED) is 0.607. The minimum atomic E-state index is 0.660. The maximum atomic E-state index is 10.4. The summed E-state index contributed by atoms with van der Waals surface area (Å²) >= 11 is 1.46. The number of hydrogen-bond donors (Lipinski definition) is 0. The Kier molecular flexibility index (Phi) is 1.31. The molecule has 2 nitrogen and oxygen atoms in total. The Morgan fingerprint density at radius 3 is 3.10 bits per heavy atom. The van der Waals surface area contributed by atoms with Gasteiger partial charge in [0.2, 0.25) is 0 Å². The molecule has 0 aliphatic heterocycles. The van der Waals surface area contributed by atoms with Gasteiger partial charge in [0.25, 0.3) is 0 Å². The Morgan fingerprint density at radius 2 is 2.50 bits per heavy atom. The molecule has 0 bridgehead atoms. The maximum absolute atomic E-state index is 10.4. The van der Waals surface area contributed by atoms with Crippen LogP contribution in [-0.4, -0.2) is 10.7 Å². The van der Waals surface area contributed by atoms with Gasteiger partial charge in [0.1, 0.15) is 0 Å². The van der Waals surface area contributed by atoms with Gasteiger partial charge in [0, 0.05) is 10.4 Å². The standard InChI is InChI=1S/C7H7NOS/c9-4-6-3-8-10-7(6)5-1-2-5/h3-5H,1-2H2. The lowest BCUT2D eigenvalue weighted by atomic mass is 10.2. The highest BCUT2D eigenvalue weighted by molar-refractivity contribution is 7.06. The first-order valence-electron chi connectivity index (χ1n) is 3.31. The molecule has 1 aromatic heterocycles. The normalized spacial score (nSPS) is 17.2. The summed E-state index contributed by atoms with van der Waals surface area (Å²) in [6.07, 6.45) is 5.04. The largest absolute Gasteiger partial charge is 0.298 e. The zero-order chi connectivity index (χ0) is 6.97. The molecule has 0 aromatic carbocycles. The average Bonchev–Trinajstić information content (AvgIpc) is 2.69. The van der Waals surface area contributed by atoms with Gasteiger partial charge < -0.3 is 0 Å². The van der Waals surface area contributed by atoms with E-state index in [1.165, 1.54) is 29.3 Å². The molecular formula is C7H7NOS. The summed E-state index contributed by atoms with van der Waals surface area (Å²) in [5, 5.41) is 0. The SMILES string of the molecule is O=Cc1cnsc1C1CC1. The van der Waals surface area contributed by atoms with Gasteiger partial charge in [0.15, 0.2) is 6.29 Å². The molecule has 0 radical (unpaired) electrons. The van der Waals surface area contributed by atoms with Gasteiger partial charge in [-0.1, -0.05) is 0 Å². The molecule has 1 fully saturated rings. The molecule has 0 atom stereocenters. The van der Waals surface area contributed by atoms with Crippen LogP contribution >= 0.6 is 11.5 Å². The van der Waals surface area contributed by atoms with Gasteiger partial charge in [-0.2, -0.15) is 0 Å². The van der Waals surface area contributed by atoms with Crippen molar-refractivity contribution in [3.8, 4) is 0 Å². The van der Waals surface area contributed by atoms with E-state index in [9.17, 15) is 4.79 Å². The van der Waals surface area contributed by atoms with Gasteiger partial charge >= 0.3 is 0 Å². The third kappa shape index (κ3) is 0.865. The second kappa shape index (κ2) is 2.16. The lowest BCUT2D eigenvalue weighted by molar-refractivity contribution is 0.112. The first-order valence-corrected chi connectivity index (χ1v) is 4.09. The van der Waals surface area contributed by atoms with E-state index in [-0.39, 0.29) is 0 Å². The van der Waals surface area contributed by atoms with Crippen LogP contribution in [0.15, 0.2) is 6.20 Å². The van der Waals surface area contributed by atoms with Crippen molar-refractivity contribution in [2.75, 3.05) is 0 Å². The first-order chi connectivity index (χ1) is 4.92. The van der Waals surface area contributed by atoms with Crippen LogP contribution in [0.3, 0.4) is 0 Å². The number of hydrogen-bond acceptors (Lipinski definition) is 3. The van der Waals surface area contributed by atoms with E-state index in [2.05, 4.69) is 4.37 Å². The van der Waals surface area contributed by atoms with E-state index in [0.29, 0.717) is 5.92 Å². The number of aldehydes is 1. The lowest BCUT2D eigenvalue weighted by Gasteiger charge is -1.87. The van der Waals surface area contributed by atoms with Crippen molar-refractivity contribution in [1.29, 1.82) is 0 Å². The van der Waals surface area contributed by atoms with Gasteiger partial charge in [-0.25, -0.2) is 4.37 Å². The van der Waals surface area contributed by atoms with E-state index in [1.54, 1.807) is 6.20 Å². The number of nitrogens with zero attached hydrogens (tertiary/aromatic N) is 1. The highest BCUT2D eigenvalue weighted by Gasteiger charge is 2.27. The Hall–Kier alpha value is -0.700. The fraction of sp³-hybridized carbons (Fsp3) is 0.429. The van der Waals surface area contributed by atoms with Crippen LogP contribution in [0, 0.1) is 0 Å². The summed E-state index contributed by atoms with van der Waals surface area (Å²) in [6.45, 7) is 0. The van der Waals surface area contributed by atoms with Crippen LogP contribution in [0.25, 0.3) is 0 Å². The topological polar surface area (TPSA) is 30.0 Å². The van der Waals surface area contributed by atoms with Crippen LogP contribution < -0.4 is 0 Å². The molecule has 1 saturated carbocycles. The van der Waals surface area contributed by atoms with Crippen molar-refractivity contribution in [1.82, 2.24) is 4.37 Å². The summed E-state index contributed by atoms with van der Waals surface area (Å²) in [7, 11) is 0. The molecule has 1 heterocycles. The van der Waals surface area contributed by atoms with Crippen LogP contribution in [-0.2, 0) is 0 Å². The van der Waals surface area contributed by atoms with Crippen LogP contribution in [0.5, 0.6) is 0 Å². The van der Waals surface area contributed by atoms with E-state index >= 15 is 0 Å². The number of rotatable bonds is 2. The van der Waals surface area contributed by atoms with Crippen LogP contribution in [0.1, 0.15) is 34.0 Å². The molecule has 3 heteroatoms. The number of carbonyl (C=O) groups is 1. The summed E-state index contributed by atoms with van der Waals surface area (Å²) in [5.41, 5.74) is 0.799. The Balaban J connectivity index is 2.37. The zero-order valence-electron chi connectivity index (χ0n) is 5.41. The Morgan fingerprint density at radius 1 is 1.70 bits per heavy atom. The molecule has 0 amide bonds. The Bertz CT molecular complexity index is 252. The minimum Gasteiger partial charge on any atom is -0.298 e. The van der Waals surface area contributed by atoms with Crippen molar-refractivity contribution in [2.24, 2.45) is 0 Å². The monoisotopic (exact) mass is 153 g/mol. The van der Waals surface area contributed by atoms with Crippen molar-refractivity contribution < 1.29 is 4.79 Å². The van der Waals surface area contributed by atoms with Crippen LogP contribution in [0.2, 0.25) is 0 Å². The lowest BCUT2D eigenvalue weighted by Crippen LogP contribution is -1.79. The molecular weight excluding hydrogens is 146 g/mol. The third-order valence-corrected chi connectivity index (χ3v) is 2.68. The van der Waals surface area contributed by atoms with Crippen molar-refractivity contribution in [3.05, 3.63) is 16.6 Å². The number of carbonyl (C=O) groups excluding carboxylic acids is 1. The highest BCUT2D eigenvalue weighted by Crippen LogP contribution is 2.42. The molecule has 2 rings (SSSR count). The van der Waals surface area contributed by atoms with Crippen molar-refractivity contribution in [2.45, 2.75) is 18.8 Å². The molecule has 0 N–H and O–H groups in total. The van der Waals surface area contributed by atoms with Gasteiger partial charge in [-0.3, -0.25) is 4.79 Å². The molecule has 0 saturated heterocycles. The molecule has 1 aromatic rings. The van der Waals surface area contributed by atoms with E-state index in [4.69, 9.17) is 0 Å². The second-order valence-electron chi connectivity index (χ2n) is 2.54. The van der Waals surface area contributed by atoms with E-state index < -0.39 is 0 Å². The molecule has 10 heavy (non-hydrogen) atoms. The summed E-state index contributed by atoms with van der Waals surface area (Å²) in [6, 6.07) is 0. The predicted octanol–water partition coefficient (Wildman–Crippen LogP) is 1.83. The van der Waals surface area contributed by atoms with Gasteiger partial charge in [-0.05, 0) is 30.3 Å². The number of aromatic nitrogens is 1. The fourth-order valence-corrected chi connectivity index (χ4v) is 1.87. The van der Waals surface area contributed by atoms with Crippen molar-refractivity contribution >= 4 is 17.8 Å². The Labute approximate surface area is 63.0 Å². The van der Waals surface area contributed by atoms with Crippen LogP contribution in [0.4, 0.5) is 0 Å². The molecule has 0 unspecified atom stereocenters.